The predicted octanol–water partition coefficient (Wildman–Crippen LogP) is 2.35. The SMILES string of the molecule is Brc1cncnc1N1CCCCC1C1CCCN1. The largest absolute Gasteiger partial charge is 0.351 e. The second-order valence-corrected chi connectivity index (χ2v) is 6.01. The molecule has 2 unspecified atom stereocenters. The number of nitrogens with one attached hydrogen (secondary N) is 1. The Morgan fingerprint density at radius 2 is 2.22 bits per heavy atom. The number of halogens is 1. The fraction of sp³-hybridized carbons (Fsp3) is 0.692. The fourth-order valence-electron chi connectivity index (χ4n) is 3.20. The van der Waals surface area contributed by atoms with Gasteiger partial charge in [0.1, 0.15) is 12.1 Å². The Bertz CT molecular complexity index is 406. The lowest BCUT2D eigenvalue weighted by Crippen LogP contribution is -2.50. The van der Waals surface area contributed by atoms with Crippen LogP contribution >= 0.6 is 15.9 Å². The molecule has 2 fully saturated rings. The van der Waals surface area contributed by atoms with Gasteiger partial charge in [-0.3, -0.25) is 0 Å². The van der Waals surface area contributed by atoms with Crippen LogP contribution in [-0.2, 0) is 0 Å². The van der Waals surface area contributed by atoms with Crippen molar-refractivity contribution in [3.05, 3.63) is 17.0 Å². The van der Waals surface area contributed by atoms with Gasteiger partial charge < -0.3 is 10.2 Å². The normalized spacial score (nSPS) is 28.6. The zero-order valence-electron chi connectivity index (χ0n) is 10.5. The van der Waals surface area contributed by atoms with Crippen LogP contribution in [-0.4, -0.2) is 35.1 Å². The summed E-state index contributed by atoms with van der Waals surface area (Å²) in [7, 11) is 0. The van der Waals surface area contributed by atoms with E-state index in [-0.39, 0.29) is 0 Å². The Morgan fingerprint density at radius 3 is 3.00 bits per heavy atom. The van der Waals surface area contributed by atoms with E-state index in [2.05, 4.69) is 36.1 Å². The summed E-state index contributed by atoms with van der Waals surface area (Å²) in [6.45, 7) is 2.28. The Hall–Kier alpha value is -0.680. The first kappa shape index (κ1) is 12.4. The van der Waals surface area contributed by atoms with E-state index in [1.54, 1.807) is 6.33 Å². The summed E-state index contributed by atoms with van der Waals surface area (Å²) in [4.78, 5) is 11.0. The molecule has 4 nitrogen and oxygen atoms in total. The van der Waals surface area contributed by atoms with Crippen molar-refractivity contribution < 1.29 is 0 Å². The predicted molar refractivity (Wildman–Crippen MR) is 75.7 cm³/mol. The molecule has 98 valence electrons. The lowest BCUT2D eigenvalue weighted by Gasteiger charge is -2.40. The molecular weight excluding hydrogens is 292 g/mol. The number of rotatable bonds is 2. The van der Waals surface area contributed by atoms with E-state index < -0.39 is 0 Å². The average Bonchev–Trinajstić information content (AvgIpc) is 2.93. The van der Waals surface area contributed by atoms with Crippen molar-refractivity contribution in [1.29, 1.82) is 0 Å². The molecule has 5 heteroatoms. The van der Waals surface area contributed by atoms with Crippen molar-refractivity contribution in [3.63, 3.8) is 0 Å². The van der Waals surface area contributed by atoms with Crippen molar-refractivity contribution >= 4 is 21.7 Å². The molecule has 3 heterocycles. The van der Waals surface area contributed by atoms with Crippen LogP contribution in [0.2, 0.25) is 0 Å². The number of hydrogen-bond acceptors (Lipinski definition) is 4. The molecule has 0 radical (unpaired) electrons. The molecule has 2 aliphatic heterocycles. The zero-order valence-corrected chi connectivity index (χ0v) is 12.1. The van der Waals surface area contributed by atoms with Gasteiger partial charge in [-0.2, -0.15) is 0 Å². The Labute approximate surface area is 116 Å². The van der Waals surface area contributed by atoms with Gasteiger partial charge in [-0.1, -0.05) is 0 Å². The van der Waals surface area contributed by atoms with Crippen LogP contribution in [0.3, 0.4) is 0 Å². The highest BCUT2D eigenvalue weighted by molar-refractivity contribution is 9.10. The van der Waals surface area contributed by atoms with Crippen molar-refractivity contribution in [2.45, 2.75) is 44.2 Å². The number of nitrogens with zero attached hydrogens (tertiary/aromatic N) is 3. The average molecular weight is 311 g/mol. The van der Waals surface area contributed by atoms with Gasteiger partial charge >= 0.3 is 0 Å². The first-order valence-corrected chi connectivity index (χ1v) is 7.61. The maximum Gasteiger partial charge on any atom is 0.146 e. The summed E-state index contributed by atoms with van der Waals surface area (Å²) in [6.07, 6.45) is 9.96. The topological polar surface area (TPSA) is 41.1 Å². The molecule has 1 aromatic rings. The Balaban J connectivity index is 1.85. The van der Waals surface area contributed by atoms with Gasteiger partial charge in [0, 0.05) is 24.8 Å². The molecule has 0 saturated carbocycles. The minimum atomic E-state index is 0.590. The van der Waals surface area contributed by atoms with Crippen molar-refractivity contribution in [1.82, 2.24) is 15.3 Å². The van der Waals surface area contributed by atoms with Gasteiger partial charge in [-0.15, -0.1) is 0 Å². The third kappa shape index (κ3) is 2.38. The van der Waals surface area contributed by atoms with Crippen LogP contribution in [0.15, 0.2) is 17.0 Å². The zero-order chi connectivity index (χ0) is 12.4. The van der Waals surface area contributed by atoms with Crippen molar-refractivity contribution in [2.75, 3.05) is 18.0 Å². The number of piperidine rings is 1. The Kier molecular flexibility index (Phi) is 3.80. The minimum Gasteiger partial charge on any atom is -0.351 e. The van der Waals surface area contributed by atoms with Crippen LogP contribution in [0.25, 0.3) is 0 Å². The smallest absolute Gasteiger partial charge is 0.146 e. The quantitative estimate of drug-likeness (QED) is 0.910. The van der Waals surface area contributed by atoms with E-state index in [0.717, 1.165) is 16.8 Å². The summed E-state index contributed by atoms with van der Waals surface area (Å²) in [5.74, 6) is 1.06. The molecule has 0 amide bonds. The molecule has 18 heavy (non-hydrogen) atoms. The summed E-state index contributed by atoms with van der Waals surface area (Å²) in [5.41, 5.74) is 0. The maximum absolute atomic E-state index is 4.46. The van der Waals surface area contributed by atoms with E-state index in [9.17, 15) is 0 Å². The maximum atomic E-state index is 4.46. The van der Waals surface area contributed by atoms with E-state index in [4.69, 9.17) is 0 Å². The third-order valence-corrected chi connectivity index (χ3v) is 4.59. The standard InChI is InChI=1S/C13H19BrN4/c14-10-8-15-9-17-13(10)18-7-2-1-5-12(18)11-4-3-6-16-11/h8-9,11-12,16H,1-7H2. The fourth-order valence-corrected chi connectivity index (χ4v) is 3.64. The molecular formula is C13H19BrN4. The van der Waals surface area contributed by atoms with Gasteiger partial charge in [0.05, 0.1) is 4.47 Å². The van der Waals surface area contributed by atoms with Gasteiger partial charge in [-0.25, -0.2) is 9.97 Å². The molecule has 0 aliphatic carbocycles. The monoisotopic (exact) mass is 310 g/mol. The minimum absolute atomic E-state index is 0.590. The molecule has 2 atom stereocenters. The van der Waals surface area contributed by atoms with E-state index in [0.29, 0.717) is 12.1 Å². The molecule has 1 aromatic heterocycles. The van der Waals surface area contributed by atoms with Gasteiger partial charge in [-0.05, 0) is 54.6 Å². The Morgan fingerprint density at radius 1 is 1.28 bits per heavy atom. The van der Waals surface area contributed by atoms with Crippen LogP contribution in [0.4, 0.5) is 5.82 Å². The highest BCUT2D eigenvalue weighted by Gasteiger charge is 2.32. The number of aromatic nitrogens is 2. The third-order valence-electron chi connectivity index (χ3n) is 4.03. The molecule has 1 N–H and O–H groups in total. The van der Waals surface area contributed by atoms with E-state index in [1.165, 1.54) is 38.6 Å². The first-order chi connectivity index (χ1) is 8.86. The van der Waals surface area contributed by atoms with Crippen LogP contribution < -0.4 is 10.2 Å². The van der Waals surface area contributed by atoms with Crippen molar-refractivity contribution in [2.24, 2.45) is 0 Å². The second-order valence-electron chi connectivity index (χ2n) is 5.15. The van der Waals surface area contributed by atoms with E-state index in [1.807, 2.05) is 6.20 Å². The van der Waals surface area contributed by atoms with Crippen molar-refractivity contribution in [3.8, 4) is 0 Å². The summed E-state index contributed by atoms with van der Waals surface area (Å²) >= 11 is 3.58. The lowest BCUT2D eigenvalue weighted by atomic mass is 9.94. The molecule has 0 spiro atoms. The second kappa shape index (κ2) is 5.53. The van der Waals surface area contributed by atoms with Gasteiger partial charge in [0.15, 0.2) is 0 Å². The first-order valence-electron chi connectivity index (χ1n) is 6.82. The molecule has 2 aliphatic rings. The summed E-state index contributed by atoms with van der Waals surface area (Å²) in [6, 6.07) is 1.22. The van der Waals surface area contributed by atoms with E-state index >= 15 is 0 Å². The molecule has 0 aromatic carbocycles. The van der Waals surface area contributed by atoms with Crippen LogP contribution in [0.5, 0.6) is 0 Å². The number of anilines is 1. The molecule has 0 bridgehead atoms. The molecule has 2 saturated heterocycles. The lowest BCUT2D eigenvalue weighted by molar-refractivity contribution is 0.375. The van der Waals surface area contributed by atoms with Gasteiger partial charge in [0.2, 0.25) is 0 Å². The highest BCUT2D eigenvalue weighted by atomic mass is 79.9. The highest BCUT2D eigenvalue weighted by Crippen LogP contribution is 2.31. The number of hydrogen-bond donors (Lipinski definition) is 1. The summed E-state index contributed by atoms with van der Waals surface area (Å²) < 4.78 is 1.01. The molecule has 3 rings (SSSR count). The van der Waals surface area contributed by atoms with Crippen LogP contribution in [0, 0.1) is 0 Å². The van der Waals surface area contributed by atoms with Gasteiger partial charge in [0.25, 0.3) is 0 Å². The van der Waals surface area contributed by atoms with Crippen LogP contribution in [0.1, 0.15) is 32.1 Å². The summed E-state index contributed by atoms with van der Waals surface area (Å²) in [5, 5.41) is 3.65.